The monoisotopic (exact) mass is 214 g/mol. The lowest BCUT2D eigenvalue weighted by Crippen LogP contribution is -2.46. The zero-order chi connectivity index (χ0) is 11.1. The summed E-state index contributed by atoms with van der Waals surface area (Å²) in [5.74, 6) is 0. The molecule has 0 heterocycles. The molecule has 2 N–H and O–H groups in total. The molecule has 0 radical (unpaired) electrons. The smallest absolute Gasteiger partial charge is 0.0604 e. The molecule has 0 spiro atoms. The summed E-state index contributed by atoms with van der Waals surface area (Å²) in [5.41, 5.74) is 0. The summed E-state index contributed by atoms with van der Waals surface area (Å²) in [7, 11) is 0. The van der Waals surface area contributed by atoms with Crippen molar-refractivity contribution in [3.8, 4) is 0 Å². The van der Waals surface area contributed by atoms with Crippen LogP contribution >= 0.6 is 0 Å². The maximum Gasteiger partial charge on any atom is 0.0604 e. The van der Waals surface area contributed by atoms with Gasteiger partial charge in [-0.2, -0.15) is 0 Å². The van der Waals surface area contributed by atoms with Crippen LogP contribution in [0, 0.1) is 0 Å². The summed E-state index contributed by atoms with van der Waals surface area (Å²) in [5, 5.41) is 7.00. The highest BCUT2D eigenvalue weighted by Crippen LogP contribution is 2.22. The highest BCUT2D eigenvalue weighted by atomic mass is 16.5. The molecule has 0 saturated heterocycles. The summed E-state index contributed by atoms with van der Waals surface area (Å²) in [6, 6.07) is 1.33. The predicted molar refractivity (Wildman–Crippen MR) is 64.2 cm³/mol. The van der Waals surface area contributed by atoms with E-state index in [1.54, 1.807) is 0 Å². The van der Waals surface area contributed by atoms with Gasteiger partial charge in [-0.15, -0.1) is 0 Å². The Kier molecular flexibility index (Phi) is 6.22. The minimum Gasteiger partial charge on any atom is -0.378 e. The fraction of sp³-hybridized carbons (Fsp3) is 1.00. The van der Waals surface area contributed by atoms with Gasteiger partial charge < -0.3 is 15.4 Å². The van der Waals surface area contributed by atoms with Crippen LogP contribution in [0.15, 0.2) is 0 Å². The third-order valence-electron chi connectivity index (χ3n) is 3.06. The van der Waals surface area contributed by atoms with Crippen LogP contribution in [0.3, 0.4) is 0 Å². The molecule has 3 heteroatoms. The molecule has 0 aliphatic heterocycles. The first kappa shape index (κ1) is 12.9. The first-order valence-corrected chi connectivity index (χ1v) is 6.34. The fourth-order valence-electron chi connectivity index (χ4n) is 2.06. The Bertz CT molecular complexity index is 158. The van der Waals surface area contributed by atoms with Crippen LogP contribution in [0.25, 0.3) is 0 Å². The van der Waals surface area contributed by atoms with Crippen molar-refractivity contribution in [2.75, 3.05) is 19.7 Å². The SMILES string of the molecule is CCNC(C)CCNC1CC(OCC)C1. The standard InChI is InChI=1S/C12H26N2O/c1-4-13-10(3)6-7-14-11-8-12(9-11)15-5-2/h10-14H,4-9H2,1-3H3. The van der Waals surface area contributed by atoms with Gasteiger partial charge in [0.1, 0.15) is 0 Å². The number of hydrogen-bond acceptors (Lipinski definition) is 3. The second-order valence-corrected chi connectivity index (χ2v) is 4.45. The molecule has 0 aromatic carbocycles. The lowest BCUT2D eigenvalue weighted by atomic mass is 9.89. The molecule has 0 amide bonds. The largest absolute Gasteiger partial charge is 0.378 e. The van der Waals surface area contributed by atoms with E-state index in [4.69, 9.17) is 4.74 Å². The van der Waals surface area contributed by atoms with Crippen molar-refractivity contribution < 1.29 is 4.74 Å². The maximum atomic E-state index is 5.52. The topological polar surface area (TPSA) is 33.3 Å². The van der Waals surface area contributed by atoms with Gasteiger partial charge >= 0.3 is 0 Å². The molecule has 1 fully saturated rings. The number of rotatable bonds is 8. The lowest BCUT2D eigenvalue weighted by molar-refractivity contribution is -0.00982. The molecule has 1 aliphatic carbocycles. The van der Waals surface area contributed by atoms with Gasteiger partial charge in [0.2, 0.25) is 0 Å². The summed E-state index contributed by atoms with van der Waals surface area (Å²) in [6.45, 7) is 9.51. The van der Waals surface area contributed by atoms with E-state index in [9.17, 15) is 0 Å². The molecular formula is C12H26N2O. The maximum absolute atomic E-state index is 5.52. The molecule has 0 aromatic rings. The second kappa shape index (κ2) is 7.20. The van der Waals surface area contributed by atoms with Gasteiger partial charge in [-0.25, -0.2) is 0 Å². The van der Waals surface area contributed by atoms with Crippen LogP contribution in [-0.2, 0) is 4.74 Å². The van der Waals surface area contributed by atoms with Gasteiger partial charge in [0, 0.05) is 18.7 Å². The van der Waals surface area contributed by atoms with Crippen molar-refractivity contribution >= 4 is 0 Å². The van der Waals surface area contributed by atoms with Crippen molar-refractivity contribution in [2.24, 2.45) is 0 Å². The van der Waals surface area contributed by atoms with Crippen molar-refractivity contribution in [1.82, 2.24) is 10.6 Å². The summed E-state index contributed by atoms with van der Waals surface area (Å²) >= 11 is 0. The normalized spacial score (nSPS) is 27.4. The zero-order valence-corrected chi connectivity index (χ0v) is 10.4. The van der Waals surface area contributed by atoms with Crippen LogP contribution in [0.4, 0.5) is 0 Å². The van der Waals surface area contributed by atoms with Crippen molar-refractivity contribution in [3.05, 3.63) is 0 Å². The number of nitrogens with one attached hydrogen (secondary N) is 2. The summed E-state index contributed by atoms with van der Waals surface area (Å²) in [4.78, 5) is 0. The molecule has 3 nitrogen and oxygen atoms in total. The minimum absolute atomic E-state index is 0.527. The van der Waals surface area contributed by atoms with Gasteiger partial charge in [0.15, 0.2) is 0 Å². The third-order valence-corrected chi connectivity index (χ3v) is 3.06. The molecule has 90 valence electrons. The fourth-order valence-corrected chi connectivity index (χ4v) is 2.06. The Balaban J connectivity index is 1.90. The Morgan fingerprint density at radius 2 is 2.07 bits per heavy atom. The van der Waals surface area contributed by atoms with Gasteiger partial charge in [-0.05, 0) is 46.2 Å². The van der Waals surface area contributed by atoms with Gasteiger partial charge in [-0.1, -0.05) is 6.92 Å². The van der Waals surface area contributed by atoms with Crippen LogP contribution < -0.4 is 10.6 Å². The Labute approximate surface area is 94.0 Å². The average molecular weight is 214 g/mol. The molecule has 0 bridgehead atoms. The van der Waals surface area contributed by atoms with Crippen molar-refractivity contribution in [2.45, 2.75) is 58.2 Å². The van der Waals surface area contributed by atoms with E-state index in [0.717, 1.165) is 19.7 Å². The van der Waals surface area contributed by atoms with Crippen molar-refractivity contribution in [1.29, 1.82) is 0 Å². The summed E-state index contributed by atoms with van der Waals surface area (Å²) < 4.78 is 5.52. The quantitative estimate of drug-likeness (QED) is 0.643. The summed E-state index contributed by atoms with van der Waals surface area (Å²) in [6.07, 6.45) is 4.13. The minimum atomic E-state index is 0.527. The average Bonchev–Trinajstić information content (AvgIpc) is 2.14. The molecule has 1 atom stereocenters. The van der Waals surface area contributed by atoms with E-state index in [-0.39, 0.29) is 0 Å². The van der Waals surface area contributed by atoms with E-state index in [0.29, 0.717) is 18.2 Å². The van der Waals surface area contributed by atoms with Crippen LogP contribution in [0.2, 0.25) is 0 Å². The second-order valence-electron chi connectivity index (χ2n) is 4.45. The van der Waals surface area contributed by atoms with Crippen molar-refractivity contribution in [3.63, 3.8) is 0 Å². The Hall–Kier alpha value is -0.120. The molecule has 1 aliphatic rings. The van der Waals surface area contributed by atoms with E-state index >= 15 is 0 Å². The van der Waals surface area contributed by atoms with Crippen LogP contribution in [-0.4, -0.2) is 37.9 Å². The van der Waals surface area contributed by atoms with E-state index in [2.05, 4.69) is 31.4 Å². The predicted octanol–water partition coefficient (Wildman–Crippen LogP) is 1.53. The molecule has 15 heavy (non-hydrogen) atoms. The first-order valence-electron chi connectivity index (χ1n) is 6.34. The molecule has 1 rings (SSSR count). The van der Waals surface area contributed by atoms with E-state index in [1.165, 1.54) is 19.3 Å². The van der Waals surface area contributed by atoms with Gasteiger partial charge in [0.05, 0.1) is 6.10 Å². The van der Waals surface area contributed by atoms with Gasteiger partial charge in [-0.3, -0.25) is 0 Å². The highest BCUT2D eigenvalue weighted by molar-refractivity contribution is 4.86. The van der Waals surface area contributed by atoms with Crippen LogP contribution in [0.5, 0.6) is 0 Å². The van der Waals surface area contributed by atoms with Crippen LogP contribution in [0.1, 0.15) is 40.0 Å². The zero-order valence-electron chi connectivity index (χ0n) is 10.4. The van der Waals surface area contributed by atoms with Gasteiger partial charge in [0.25, 0.3) is 0 Å². The van der Waals surface area contributed by atoms with E-state index in [1.807, 2.05) is 0 Å². The number of hydrogen-bond donors (Lipinski definition) is 2. The van der Waals surface area contributed by atoms with E-state index < -0.39 is 0 Å². The molecule has 1 saturated carbocycles. The third kappa shape index (κ3) is 4.96. The number of ether oxygens (including phenoxy) is 1. The highest BCUT2D eigenvalue weighted by Gasteiger charge is 2.28. The molecule has 1 unspecified atom stereocenters. The Morgan fingerprint density at radius 3 is 2.67 bits per heavy atom. The Morgan fingerprint density at radius 1 is 1.33 bits per heavy atom. The first-order chi connectivity index (χ1) is 7.26. The molecule has 0 aromatic heterocycles. The lowest BCUT2D eigenvalue weighted by Gasteiger charge is -2.35. The molecular weight excluding hydrogens is 188 g/mol.